The Hall–Kier alpha value is -2.70. The highest BCUT2D eigenvalue weighted by atomic mass is 19.4. The average molecular weight is 340 g/mol. The van der Waals surface area contributed by atoms with Gasteiger partial charge in [-0.05, 0) is 48.4 Å². The molecule has 0 spiro atoms. The first kappa shape index (κ1) is 17.7. The van der Waals surface area contributed by atoms with Crippen LogP contribution in [0.3, 0.4) is 0 Å². The van der Waals surface area contributed by atoms with Crippen molar-refractivity contribution in [1.29, 1.82) is 0 Å². The van der Waals surface area contributed by atoms with Crippen LogP contribution in [0.1, 0.15) is 17.3 Å². The van der Waals surface area contributed by atoms with E-state index in [0.29, 0.717) is 16.9 Å². The molecule has 7 heteroatoms. The molecular formula is C17H15F3O4. The summed E-state index contributed by atoms with van der Waals surface area (Å²) in [5.41, 5.74) is 0.987. The second kappa shape index (κ2) is 7.25. The molecule has 0 aliphatic carbocycles. The van der Waals surface area contributed by atoms with Gasteiger partial charge in [0, 0.05) is 0 Å². The molecule has 0 amide bonds. The first-order valence-electron chi connectivity index (χ1n) is 7.05. The molecule has 2 rings (SSSR count). The third-order valence-corrected chi connectivity index (χ3v) is 3.10. The molecule has 4 nitrogen and oxygen atoms in total. The number of alkyl halides is 3. The Labute approximate surface area is 136 Å². The van der Waals surface area contributed by atoms with Crippen LogP contribution in [0.15, 0.2) is 42.5 Å². The summed E-state index contributed by atoms with van der Waals surface area (Å²) >= 11 is 0. The Kier molecular flexibility index (Phi) is 5.33. The summed E-state index contributed by atoms with van der Waals surface area (Å²) < 4.78 is 51.2. The van der Waals surface area contributed by atoms with E-state index in [1.165, 1.54) is 31.4 Å². The largest absolute Gasteiger partial charge is 0.573 e. The van der Waals surface area contributed by atoms with Gasteiger partial charge in [-0.25, -0.2) is 4.79 Å². The standard InChI is InChI=1S/C17H15F3O4/c1-3-23-16(21)14-8-7-12(22-2)10-15(14)11-5-4-6-13(9-11)24-17(18,19)20/h4-10H,3H2,1-2H3. The van der Waals surface area contributed by atoms with Crippen LogP contribution in [0.2, 0.25) is 0 Å². The summed E-state index contributed by atoms with van der Waals surface area (Å²) in [5.74, 6) is -0.491. The first-order chi connectivity index (χ1) is 11.3. The highest BCUT2D eigenvalue weighted by molar-refractivity contribution is 5.97. The van der Waals surface area contributed by atoms with Gasteiger partial charge in [-0.1, -0.05) is 12.1 Å². The fourth-order valence-electron chi connectivity index (χ4n) is 2.14. The predicted molar refractivity (Wildman–Crippen MR) is 81.1 cm³/mol. The maximum Gasteiger partial charge on any atom is 0.573 e. The van der Waals surface area contributed by atoms with Crippen molar-refractivity contribution in [2.75, 3.05) is 13.7 Å². The van der Waals surface area contributed by atoms with E-state index in [2.05, 4.69) is 4.74 Å². The van der Waals surface area contributed by atoms with Crippen molar-refractivity contribution < 1.29 is 32.2 Å². The lowest BCUT2D eigenvalue weighted by Gasteiger charge is -2.13. The molecule has 0 aliphatic heterocycles. The average Bonchev–Trinajstić information content (AvgIpc) is 2.53. The zero-order valence-electron chi connectivity index (χ0n) is 13.0. The Morgan fingerprint density at radius 2 is 1.83 bits per heavy atom. The molecule has 2 aromatic rings. The van der Waals surface area contributed by atoms with Crippen LogP contribution in [-0.4, -0.2) is 26.0 Å². The lowest BCUT2D eigenvalue weighted by Crippen LogP contribution is -2.17. The second-order valence-corrected chi connectivity index (χ2v) is 4.71. The zero-order valence-corrected chi connectivity index (χ0v) is 13.0. The van der Waals surface area contributed by atoms with Crippen molar-refractivity contribution in [1.82, 2.24) is 0 Å². The van der Waals surface area contributed by atoms with E-state index >= 15 is 0 Å². The van der Waals surface area contributed by atoms with E-state index < -0.39 is 12.3 Å². The van der Waals surface area contributed by atoms with Crippen LogP contribution in [0.5, 0.6) is 11.5 Å². The molecule has 128 valence electrons. The molecule has 24 heavy (non-hydrogen) atoms. The van der Waals surface area contributed by atoms with Crippen LogP contribution in [0.25, 0.3) is 11.1 Å². The maximum absolute atomic E-state index is 12.4. The lowest BCUT2D eigenvalue weighted by atomic mass is 9.99. The minimum Gasteiger partial charge on any atom is -0.497 e. The molecule has 0 bridgehead atoms. The molecule has 0 saturated carbocycles. The minimum absolute atomic E-state index is 0.182. The summed E-state index contributed by atoms with van der Waals surface area (Å²) in [5, 5.41) is 0. The van der Waals surface area contributed by atoms with Gasteiger partial charge in [-0.3, -0.25) is 0 Å². The number of carbonyl (C=O) groups is 1. The van der Waals surface area contributed by atoms with Gasteiger partial charge >= 0.3 is 12.3 Å². The van der Waals surface area contributed by atoms with Crippen molar-refractivity contribution in [2.45, 2.75) is 13.3 Å². The fourth-order valence-corrected chi connectivity index (χ4v) is 2.14. The molecule has 0 N–H and O–H groups in total. The molecule has 0 radical (unpaired) electrons. The molecular weight excluding hydrogens is 325 g/mol. The Bertz CT molecular complexity index is 726. The van der Waals surface area contributed by atoms with Gasteiger partial charge < -0.3 is 14.2 Å². The van der Waals surface area contributed by atoms with Gasteiger partial charge in [0.1, 0.15) is 11.5 Å². The van der Waals surface area contributed by atoms with Crippen molar-refractivity contribution in [3.63, 3.8) is 0 Å². The highest BCUT2D eigenvalue weighted by Crippen LogP contribution is 2.32. The number of esters is 1. The zero-order chi connectivity index (χ0) is 17.7. The van der Waals surface area contributed by atoms with Crippen LogP contribution in [-0.2, 0) is 4.74 Å². The number of benzene rings is 2. The van der Waals surface area contributed by atoms with Gasteiger partial charge in [0.15, 0.2) is 0 Å². The molecule has 0 aliphatic rings. The smallest absolute Gasteiger partial charge is 0.497 e. The van der Waals surface area contributed by atoms with Gasteiger partial charge in [0.2, 0.25) is 0 Å². The van der Waals surface area contributed by atoms with Crippen molar-refractivity contribution in [3.05, 3.63) is 48.0 Å². The number of halogens is 3. The summed E-state index contributed by atoms with van der Waals surface area (Å²) in [6.45, 7) is 1.85. The fraction of sp³-hybridized carbons (Fsp3) is 0.235. The third-order valence-electron chi connectivity index (χ3n) is 3.10. The quantitative estimate of drug-likeness (QED) is 0.755. The van der Waals surface area contributed by atoms with Gasteiger partial charge in [-0.2, -0.15) is 0 Å². The monoisotopic (exact) mass is 340 g/mol. The number of carbonyl (C=O) groups excluding carboxylic acids is 1. The predicted octanol–water partition coefficient (Wildman–Crippen LogP) is 4.44. The number of ether oxygens (including phenoxy) is 3. The molecule has 2 aromatic carbocycles. The third kappa shape index (κ3) is 4.41. The van der Waals surface area contributed by atoms with Crippen LogP contribution in [0, 0.1) is 0 Å². The number of methoxy groups -OCH3 is 1. The second-order valence-electron chi connectivity index (χ2n) is 4.71. The van der Waals surface area contributed by atoms with Crippen molar-refractivity contribution in [2.24, 2.45) is 0 Å². The normalized spacial score (nSPS) is 11.0. The maximum atomic E-state index is 12.4. The topological polar surface area (TPSA) is 44.8 Å². The van der Waals surface area contributed by atoms with E-state index in [0.717, 1.165) is 0 Å². The van der Waals surface area contributed by atoms with E-state index in [-0.39, 0.29) is 17.9 Å². The summed E-state index contributed by atoms with van der Waals surface area (Å²) in [7, 11) is 1.45. The van der Waals surface area contributed by atoms with Gasteiger partial charge in [-0.15, -0.1) is 13.2 Å². The van der Waals surface area contributed by atoms with E-state index in [1.54, 1.807) is 25.1 Å². The number of rotatable bonds is 5. The summed E-state index contributed by atoms with van der Waals surface area (Å²) in [4.78, 5) is 12.1. The highest BCUT2D eigenvalue weighted by Gasteiger charge is 2.31. The van der Waals surface area contributed by atoms with Gasteiger partial charge in [0.25, 0.3) is 0 Å². The molecule has 0 unspecified atom stereocenters. The molecule has 0 heterocycles. The van der Waals surface area contributed by atoms with Crippen LogP contribution >= 0.6 is 0 Å². The Balaban J connectivity index is 2.49. The van der Waals surface area contributed by atoms with Crippen molar-refractivity contribution >= 4 is 5.97 Å². The van der Waals surface area contributed by atoms with Crippen LogP contribution in [0.4, 0.5) is 13.2 Å². The summed E-state index contributed by atoms with van der Waals surface area (Å²) in [6, 6.07) is 9.99. The van der Waals surface area contributed by atoms with Gasteiger partial charge in [0.05, 0.1) is 19.3 Å². The number of hydrogen-bond acceptors (Lipinski definition) is 4. The van der Waals surface area contributed by atoms with Crippen molar-refractivity contribution in [3.8, 4) is 22.6 Å². The Morgan fingerprint density at radius 1 is 1.08 bits per heavy atom. The summed E-state index contributed by atoms with van der Waals surface area (Å²) in [6.07, 6.45) is -4.79. The van der Waals surface area contributed by atoms with Crippen LogP contribution < -0.4 is 9.47 Å². The lowest BCUT2D eigenvalue weighted by molar-refractivity contribution is -0.274. The SMILES string of the molecule is CCOC(=O)c1ccc(OC)cc1-c1cccc(OC(F)(F)F)c1. The Morgan fingerprint density at radius 3 is 2.46 bits per heavy atom. The minimum atomic E-state index is -4.79. The molecule has 0 saturated heterocycles. The van der Waals surface area contributed by atoms with E-state index in [1.807, 2.05) is 0 Å². The molecule has 0 aromatic heterocycles. The van der Waals surface area contributed by atoms with E-state index in [9.17, 15) is 18.0 Å². The molecule has 0 fully saturated rings. The first-order valence-corrected chi connectivity index (χ1v) is 7.05. The van der Waals surface area contributed by atoms with E-state index in [4.69, 9.17) is 9.47 Å². The molecule has 0 atom stereocenters. The number of hydrogen-bond donors (Lipinski definition) is 0.